The van der Waals surface area contributed by atoms with Crippen LogP contribution in [0.2, 0.25) is 0 Å². The fourth-order valence-corrected chi connectivity index (χ4v) is 5.67. The fraction of sp³-hybridized carbons (Fsp3) is 0.825. The normalized spacial score (nSPS) is 13.0. The summed E-state index contributed by atoms with van der Waals surface area (Å²) in [6, 6.07) is 0. The number of esters is 1. The van der Waals surface area contributed by atoms with Crippen molar-refractivity contribution in [2.75, 3.05) is 27.7 Å². The van der Waals surface area contributed by atoms with E-state index in [-0.39, 0.29) is 24.5 Å². The van der Waals surface area contributed by atoms with Crippen LogP contribution in [0.3, 0.4) is 0 Å². The van der Waals surface area contributed by atoms with Gasteiger partial charge in [-0.1, -0.05) is 95.8 Å². The van der Waals surface area contributed by atoms with Gasteiger partial charge < -0.3 is 21.6 Å². The first-order chi connectivity index (χ1) is 20.8. The van der Waals surface area contributed by atoms with Crippen LogP contribution in [-0.4, -0.2) is 44.2 Å². The van der Waals surface area contributed by atoms with E-state index in [1.807, 2.05) is 0 Å². The molecule has 1 unspecified atom stereocenters. The summed E-state index contributed by atoms with van der Waals surface area (Å²) in [5, 5.41) is 0. The lowest BCUT2D eigenvalue weighted by molar-refractivity contribution is -0.870. The Hall–Kier alpha value is -1.06. The van der Waals surface area contributed by atoms with Crippen molar-refractivity contribution in [1.82, 2.24) is 0 Å². The van der Waals surface area contributed by atoms with E-state index < -0.39 is 0 Å². The molecule has 0 saturated heterocycles. The van der Waals surface area contributed by atoms with Crippen LogP contribution in [0.15, 0.2) is 36.5 Å². The number of allylic oxidation sites excluding steroid dienone is 6. The second-order valence-corrected chi connectivity index (χ2v) is 14.0. The Morgan fingerprint density at radius 3 is 1.32 bits per heavy atom. The van der Waals surface area contributed by atoms with Crippen molar-refractivity contribution in [3.8, 4) is 0 Å². The van der Waals surface area contributed by atoms with Crippen LogP contribution < -0.4 is 12.4 Å². The molecule has 3 nitrogen and oxygen atoms in total. The Morgan fingerprint density at radius 1 is 0.545 bits per heavy atom. The molecular weight excluding hydrogens is 562 g/mol. The van der Waals surface area contributed by atoms with Gasteiger partial charge in [-0.25, -0.2) is 0 Å². The third-order valence-corrected chi connectivity index (χ3v) is 8.44. The van der Waals surface area contributed by atoms with Crippen LogP contribution in [0.1, 0.15) is 175 Å². The molecule has 0 aliphatic heterocycles. The third kappa shape index (κ3) is 32.3. The predicted molar refractivity (Wildman–Crippen MR) is 192 cm³/mol. The Bertz CT molecular complexity index is 668. The molecule has 0 radical (unpaired) electrons. The van der Waals surface area contributed by atoms with Crippen molar-refractivity contribution < 1.29 is 26.4 Å². The van der Waals surface area contributed by atoms with Gasteiger partial charge in [0.15, 0.2) is 0 Å². The van der Waals surface area contributed by atoms with E-state index in [9.17, 15) is 4.79 Å². The quantitative estimate of drug-likeness (QED) is 0.0328. The van der Waals surface area contributed by atoms with E-state index in [1.54, 1.807) is 0 Å². The van der Waals surface area contributed by atoms with Crippen molar-refractivity contribution in [2.24, 2.45) is 5.92 Å². The van der Waals surface area contributed by atoms with Crippen molar-refractivity contribution in [3.63, 3.8) is 0 Å². The first-order valence-corrected chi connectivity index (χ1v) is 18.8. The monoisotopic (exact) mass is 638 g/mol. The Morgan fingerprint density at radius 2 is 0.932 bits per heavy atom. The van der Waals surface area contributed by atoms with E-state index in [1.165, 1.54) is 89.9 Å². The molecule has 0 rings (SSSR count). The van der Waals surface area contributed by atoms with Crippen LogP contribution in [0.4, 0.5) is 0 Å². The van der Waals surface area contributed by atoms with Gasteiger partial charge in [-0.05, 0) is 115 Å². The molecule has 44 heavy (non-hydrogen) atoms. The number of unbranched alkanes of at least 4 members (excludes halogenated alkanes) is 13. The molecular formula is C40H76ClNO2. The number of hydrogen-bond acceptors (Lipinski definition) is 2. The molecule has 0 heterocycles. The summed E-state index contributed by atoms with van der Waals surface area (Å²) in [4.78, 5) is 13.1. The van der Waals surface area contributed by atoms with Gasteiger partial charge >= 0.3 is 5.97 Å². The van der Waals surface area contributed by atoms with E-state index in [0.29, 0.717) is 12.3 Å². The molecule has 0 aromatic rings. The minimum absolute atomic E-state index is 0. The summed E-state index contributed by atoms with van der Waals surface area (Å²) in [7, 11) is 6.66. The van der Waals surface area contributed by atoms with E-state index in [2.05, 4.69) is 78.4 Å². The summed E-state index contributed by atoms with van der Waals surface area (Å²) in [6.45, 7) is 7.90. The lowest BCUT2D eigenvalue weighted by Crippen LogP contribution is -3.00. The Balaban J connectivity index is 0. The molecule has 0 saturated carbocycles. The summed E-state index contributed by atoms with van der Waals surface area (Å²) >= 11 is 0. The first kappa shape index (κ1) is 45.1. The Kier molecular flexibility index (Phi) is 34.1. The number of quaternary nitrogens is 1. The molecule has 0 spiro atoms. The standard InChI is InChI=1S/C40H76NO2.ClH/c1-7-10-13-16-19-22-25-28-33-38(34-29-26-23-20-17-14-11-8-2)39(35-30-27-24-21-18-15-12-9-3)43-40(42)36-31-32-37-41(4,5)6;/h19-24,38-39H,7-18,25-37H2,1-6H3;1H/q+1;/p-1/b22-19-,23-20-,24-21-;. The summed E-state index contributed by atoms with van der Waals surface area (Å²) < 4.78 is 7.30. The minimum Gasteiger partial charge on any atom is -1.00 e. The van der Waals surface area contributed by atoms with E-state index in [4.69, 9.17) is 4.74 Å². The van der Waals surface area contributed by atoms with Gasteiger partial charge in [-0.15, -0.1) is 0 Å². The number of ether oxygens (including phenoxy) is 1. The molecule has 1 atom stereocenters. The number of carbonyl (C=O) groups is 1. The van der Waals surface area contributed by atoms with Crippen molar-refractivity contribution in [1.29, 1.82) is 0 Å². The highest BCUT2D eigenvalue weighted by molar-refractivity contribution is 5.69. The van der Waals surface area contributed by atoms with Gasteiger partial charge in [0.1, 0.15) is 6.10 Å². The first-order valence-electron chi connectivity index (χ1n) is 18.8. The van der Waals surface area contributed by atoms with Crippen LogP contribution in [0, 0.1) is 5.92 Å². The molecule has 0 N–H and O–H groups in total. The maximum absolute atomic E-state index is 13.1. The van der Waals surface area contributed by atoms with Gasteiger partial charge in [-0.3, -0.25) is 4.79 Å². The van der Waals surface area contributed by atoms with Gasteiger partial charge in [-0.2, -0.15) is 0 Å². The lowest BCUT2D eigenvalue weighted by Gasteiger charge is -2.28. The zero-order valence-corrected chi connectivity index (χ0v) is 31.2. The van der Waals surface area contributed by atoms with Crippen molar-refractivity contribution in [3.05, 3.63) is 36.5 Å². The summed E-state index contributed by atoms with van der Waals surface area (Å²) in [6.07, 6.45) is 42.4. The van der Waals surface area contributed by atoms with Crippen molar-refractivity contribution >= 4 is 5.97 Å². The number of rotatable bonds is 31. The lowest BCUT2D eigenvalue weighted by atomic mass is 9.87. The molecule has 0 bridgehead atoms. The van der Waals surface area contributed by atoms with Crippen LogP contribution in [0.25, 0.3) is 0 Å². The van der Waals surface area contributed by atoms with E-state index in [0.717, 1.165) is 68.8 Å². The number of nitrogens with zero attached hydrogens (tertiary/aromatic N) is 1. The average Bonchev–Trinajstić information content (AvgIpc) is 2.97. The topological polar surface area (TPSA) is 26.3 Å². The molecule has 0 amide bonds. The summed E-state index contributed by atoms with van der Waals surface area (Å²) in [5.74, 6) is 0.490. The van der Waals surface area contributed by atoms with Crippen molar-refractivity contribution in [2.45, 2.75) is 181 Å². The smallest absolute Gasteiger partial charge is 0.306 e. The fourth-order valence-electron chi connectivity index (χ4n) is 5.67. The third-order valence-electron chi connectivity index (χ3n) is 8.44. The average molecular weight is 639 g/mol. The minimum atomic E-state index is 0. The molecule has 260 valence electrons. The maximum Gasteiger partial charge on any atom is 0.306 e. The number of carbonyl (C=O) groups excluding carboxylic acids is 1. The zero-order chi connectivity index (χ0) is 31.9. The van der Waals surface area contributed by atoms with E-state index >= 15 is 0 Å². The Labute approximate surface area is 282 Å². The highest BCUT2D eigenvalue weighted by Gasteiger charge is 2.24. The molecule has 0 aliphatic rings. The van der Waals surface area contributed by atoms with Crippen LogP contribution in [-0.2, 0) is 9.53 Å². The molecule has 0 aromatic heterocycles. The van der Waals surface area contributed by atoms with Gasteiger partial charge in [0.05, 0.1) is 27.7 Å². The second kappa shape index (κ2) is 33.3. The maximum atomic E-state index is 13.1. The number of hydrogen-bond donors (Lipinski definition) is 0. The molecule has 4 heteroatoms. The highest BCUT2D eigenvalue weighted by Crippen LogP contribution is 2.27. The summed E-state index contributed by atoms with van der Waals surface area (Å²) in [5.41, 5.74) is 0. The SMILES string of the molecule is CCCCC/C=C\CCCC(CCC/C=C\CCCCC)C(CCC/C=C\CCCCC)OC(=O)CCCC[N+](C)(C)C.[Cl-]. The highest BCUT2D eigenvalue weighted by atomic mass is 35.5. The van der Waals surface area contributed by atoms with Gasteiger partial charge in [0, 0.05) is 6.42 Å². The number of halogens is 1. The second-order valence-electron chi connectivity index (χ2n) is 14.0. The zero-order valence-electron chi connectivity index (χ0n) is 30.4. The predicted octanol–water partition coefficient (Wildman–Crippen LogP) is 9.32. The molecule has 0 aliphatic carbocycles. The molecule has 0 fully saturated rings. The van der Waals surface area contributed by atoms with Crippen LogP contribution >= 0.6 is 0 Å². The van der Waals surface area contributed by atoms with Gasteiger partial charge in [0.2, 0.25) is 0 Å². The largest absolute Gasteiger partial charge is 1.00 e. The molecule has 0 aromatic carbocycles. The van der Waals surface area contributed by atoms with Gasteiger partial charge in [0.25, 0.3) is 0 Å². The van der Waals surface area contributed by atoms with Crippen LogP contribution in [0.5, 0.6) is 0 Å².